The molecule has 0 saturated carbocycles. The summed E-state index contributed by atoms with van der Waals surface area (Å²) < 4.78 is 5.32. The van der Waals surface area contributed by atoms with Crippen molar-refractivity contribution >= 4 is 5.91 Å². The number of carbonyl (C=O) groups is 1. The summed E-state index contributed by atoms with van der Waals surface area (Å²) in [6.07, 6.45) is 0.547. The minimum atomic E-state index is -0.0305. The summed E-state index contributed by atoms with van der Waals surface area (Å²) >= 11 is 0. The number of methoxy groups -OCH3 is 1. The number of ether oxygens (including phenoxy) is 1. The van der Waals surface area contributed by atoms with E-state index >= 15 is 0 Å². The van der Waals surface area contributed by atoms with Crippen molar-refractivity contribution in [3.05, 3.63) is 65.2 Å². The van der Waals surface area contributed by atoms with Gasteiger partial charge in [-0.25, -0.2) is 0 Å². The molecule has 1 amide bonds. The van der Waals surface area contributed by atoms with E-state index < -0.39 is 0 Å². The van der Waals surface area contributed by atoms with E-state index in [2.05, 4.69) is 35.2 Å². The molecule has 2 aromatic rings. The molecule has 2 aliphatic heterocycles. The molecule has 1 fully saturated rings. The fraction of sp³-hybridized carbons (Fsp3) is 0.409. The topological polar surface area (TPSA) is 58.8 Å². The highest BCUT2D eigenvalue weighted by atomic mass is 16.5. The maximum Gasteiger partial charge on any atom is 0.223 e. The molecule has 0 radical (unpaired) electrons. The summed E-state index contributed by atoms with van der Waals surface area (Å²) in [7, 11) is 1.67. The van der Waals surface area contributed by atoms with Crippen molar-refractivity contribution in [1.29, 1.82) is 0 Å². The van der Waals surface area contributed by atoms with Crippen molar-refractivity contribution in [2.45, 2.75) is 31.5 Å². The zero-order valence-corrected chi connectivity index (χ0v) is 15.8. The summed E-state index contributed by atoms with van der Waals surface area (Å²) in [6.45, 7) is 3.99. The van der Waals surface area contributed by atoms with Crippen LogP contribution in [0.4, 0.5) is 0 Å². The van der Waals surface area contributed by atoms with Crippen LogP contribution in [-0.4, -0.2) is 48.5 Å². The van der Waals surface area contributed by atoms with Gasteiger partial charge in [0.1, 0.15) is 5.75 Å². The van der Waals surface area contributed by atoms with E-state index in [0.29, 0.717) is 19.5 Å². The van der Waals surface area contributed by atoms with E-state index in [9.17, 15) is 4.79 Å². The predicted molar refractivity (Wildman–Crippen MR) is 105 cm³/mol. The Labute approximate surface area is 160 Å². The molecule has 0 bridgehead atoms. The Morgan fingerprint density at radius 2 is 1.85 bits per heavy atom. The Hall–Kier alpha value is -2.37. The molecule has 142 valence electrons. The Morgan fingerprint density at radius 3 is 2.56 bits per heavy atom. The minimum Gasteiger partial charge on any atom is -0.497 e. The van der Waals surface area contributed by atoms with E-state index in [0.717, 1.165) is 30.9 Å². The lowest BCUT2D eigenvalue weighted by Gasteiger charge is -2.19. The minimum absolute atomic E-state index is 0.0305. The molecule has 2 aromatic carbocycles. The zero-order valence-electron chi connectivity index (χ0n) is 15.8. The summed E-state index contributed by atoms with van der Waals surface area (Å²) in [5.74, 6) is 1.20. The fourth-order valence-electron chi connectivity index (χ4n) is 4.23. The van der Waals surface area contributed by atoms with Gasteiger partial charge in [-0.3, -0.25) is 9.69 Å². The average molecular weight is 365 g/mol. The number of carbonyl (C=O) groups excluding carboxylic acids is 1. The van der Waals surface area contributed by atoms with Crippen LogP contribution in [-0.2, 0) is 17.9 Å². The molecule has 0 unspecified atom stereocenters. The number of hydrogen-bond donors (Lipinski definition) is 1. The van der Waals surface area contributed by atoms with Crippen molar-refractivity contribution in [3.8, 4) is 5.75 Å². The largest absolute Gasteiger partial charge is 0.497 e. The van der Waals surface area contributed by atoms with Gasteiger partial charge in [-0.05, 0) is 28.8 Å². The van der Waals surface area contributed by atoms with Crippen molar-refractivity contribution in [2.75, 3.05) is 26.7 Å². The van der Waals surface area contributed by atoms with Gasteiger partial charge >= 0.3 is 0 Å². The highest BCUT2D eigenvalue weighted by Crippen LogP contribution is 2.29. The van der Waals surface area contributed by atoms with Crippen LogP contribution in [0.2, 0.25) is 0 Å². The normalized spacial score (nSPS) is 22.1. The lowest BCUT2D eigenvalue weighted by molar-refractivity contribution is -0.130. The highest BCUT2D eigenvalue weighted by Gasteiger charge is 2.34. The van der Waals surface area contributed by atoms with Crippen LogP contribution in [0.1, 0.15) is 29.0 Å². The molecule has 0 aliphatic carbocycles. The molecule has 1 saturated heterocycles. The van der Waals surface area contributed by atoms with E-state index in [1.165, 1.54) is 11.1 Å². The number of amides is 1. The molecule has 4 rings (SSSR count). The first-order valence-corrected chi connectivity index (χ1v) is 9.60. The smallest absolute Gasteiger partial charge is 0.223 e. The van der Waals surface area contributed by atoms with E-state index in [1.54, 1.807) is 7.11 Å². The van der Waals surface area contributed by atoms with Crippen molar-refractivity contribution in [2.24, 2.45) is 5.73 Å². The van der Waals surface area contributed by atoms with Crippen LogP contribution >= 0.6 is 0 Å². The number of hydrogen-bond acceptors (Lipinski definition) is 4. The van der Waals surface area contributed by atoms with Crippen molar-refractivity contribution < 1.29 is 9.53 Å². The van der Waals surface area contributed by atoms with Gasteiger partial charge < -0.3 is 15.4 Å². The van der Waals surface area contributed by atoms with Crippen LogP contribution in [0.15, 0.2) is 48.5 Å². The third-order valence-electron chi connectivity index (χ3n) is 5.79. The lowest BCUT2D eigenvalue weighted by atomic mass is 9.95. The van der Waals surface area contributed by atoms with Crippen LogP contribution in [0.5, 0.6) is 5.75 Å². The van der Waals surface area contributed by atoms with E-state index in [1.807, 2.05) is 23.1 Å². The first kappa shape index (κ1) is 18.0. The second-order valence-corrected chi connectivity index (χ2v) is 7.58. The number of fused-ring (bicyclic) bond motifs is 1. The van der Waals surface area contributed by atoms with Gasteiger partial charge in [0.2, 0.25) is 5.91 Å². The Morgan fingerprint density at radius 1 is 1.11 bits per heavy atom. The van der Waals surface area contributed by atoms with Gasteiger partial charge in [-0.1, -0.05) is 36.4 Å². The van der Waals surface area contributed by atoms with Crippen LogP contribution < -0.4 is 10.5 Å². The van der Waals surface area contributed by atoms with Gasteiger partial charge in [0.05, 0.1) is 7.11 Å². The highest BCUT2D eigenvalue weighted by molar-refractivity contribution is 5.77. The lowest BCUT2D eigenvalue weighted by Crippen LogP contribution is -2.34. The number of benzene rings is 2. The Balaban J connectivity index is 1.32. The molecular formula is C22H27N3O2. The summed E-state index contributed by atoms with van der Waals surface area (Å²) in [4.78, 5) is 17.0. The maximum absolute atomic E-state index is 12.7. The second kappa shape index (κ2) is 7.71. The Kier molecular flexibility index (Phi) is 5.14. The summed E-state index contributed by atoms with van der Waals surface area (Å²) in [6, 6.07) is 16.5. The zero-order chi connectivity index (χ0) is 18.8. The fourth-order valence-corrected chi connectivity index (χ4v) is 4.23. The summed E-state index contributed by atoms with van der Waals surface area (Å²) in [5.41, 5.74) is 10.3. The number of rotatable bonds is 5. The van der Waals surface area contributed by atoms with Gasteiger partial charge in [0.25, 0.3) is 0 Å². The monoisotopic (exact) mass is 365 g/mol. The molecule has 2 atom stereocenters. The molecule has 5 heteroatoms. The van der Waals surface area contributed by atoms with Crippen LogP contribution in [0.25, 0.3) is 0 Å². The first-order chi connectivity index (χ1) is 13.1. The van der Waals surface area contributed by atoms with Crippen LogP contribution in [0, 0.1) is 0 Å². The predicted octanol–water partition coefficient (Wildman–Crippen LogP) is 2.35. The quantitative estimate of drug-likeness (QED) is 0.884. The standard InChI is InChI=1S/C22H27N3O2/c1-27-19-8-4-7-16(11-19)20-14-25(15-21(20)23)22(26)9-10-24-12-17-5-2-3-6-18(17)13-24/h2-8,11,20-21H,9-10,12-15,23H2,1H3/t20-,21+/m0/s1. The Bertz CT molecular complexity index is 798. The third kappa shape index (κ3) is 3.84. The molecule has 0 spiro atoms. The molecular weight excluding hydrogens is 338 g/mol. The first-order valence-electron chi connectivity index (χ1n) is 9.60. The molecule has 2 aliphatic rings. The average Bonchev–Trinajstić information content (AvgIpc) is 3.29. The van der Waals surface area contributed by atoms with Gasteiger partial charge in [-0.2, -0.15) is 0 Å². The van der Waals surface area contributed by atoms with Gasteiger partial charge in [0, 0.05) is 51.1 Å². The second-order valence-electron chi connectivity index (χ2n) is 7.58. The van der Waals surface area contributed by atoms with E-state index in [4.69, 9.17) is 10.5 Å². The number of nitrogens with two attached hydrogens (primary N) is 1. The molecule has 2 N–H and O–H groups in total. The van der Waals surface area contributed by atoms with Crippen molar-refractivity contribution in [3.63, 3.8) is 0 Å². The number of nitrogens with zero attached hydrogens (tertiary/aromatic N) is 2. The number of likely N-dealkylation sites (tertiary alicyclic amines) is 1. The molecule has 2 heterocycles. The SMILES string of the molecule is COc1cccc([C@@H]2CN(C(=O)CCN3Cc4ccccc4C3)C[C@H]2N)c1. The molecule has 5 nitrogen and oxygen atoms in total. The maximum atomic E-state index is 12.7. The van der Waals surface area contributed by atoms with Crippen molar-refractivity contribution in [1.82, 2.24) is 9.80 Å². The van der Waals surface area contributed by atoms with Gasteiger partial charge in [-0.15, -0.1) is 0 Å². The summed E-state index contributed by atoms with van der Waals surface area (Å²) in [5, 5.41) is 0. The van der Waals surface area contributed by atoms with Crippen LogP contribution in [0.3, 0.4) is 0 Å². The third-order valence-corrected chi connectivity index (χ3v) is 5.79. The van der Waals surface area contributed by atoms with Gasteiger partial charge in [0.15, 0.2) is 0 Å². The molecule has 0 aromatic heterocycles. The molecule has 27 heavy (non-hydrogen) atoms. The van der Waals surface area contributed by atoms with E-state index in [-0.39, 0.29) is 17.9 Å².